The molecular weight excluding hydrogens is 664 g/mol. The van der Waals surface area contributed by atoms with Gasteiger partial charge in [0.25, 0.3) is 0 Å². The molecular formula is C37H58N2O12. The van der Waals surface area contributed by atoms with Crippen molar-refractivity contribution in [2.45, 2.75) is 26.7 Å². The Hall–Kier alpha value is -3.34. The molecule has 0 saturated heterocycles. The third-order valence-corrected chi connectivity index (χ3v) is 6.72. The maximum Gasteiger partial charge on any atom is 0.338 e. The highest BCUT2D eigenvalue weighted by Gasteiger charge is 2.07. The smallest absolute Gasteiger partial charge is 0.338 e. The molecule has 0 aliphatic rings. The molecule has 1 amide bonds. The van der Waals surface area contributed by atoms with Gasteiger partial charge in [0, 0.05) is 24.8 Å². The number of rotatable bonds is 34. The molecule has 0 atom stereocenters. The van der Waals surface area contributed by atoms with Gasteiger partial charge < -0.3 is 58.0 Å². The average molecular weight is 723 g/mol. The van der Waals surface area contributed by atoms with E-state index in [0.29, 0.717) is 124 Å². The summed E-state index contributed by atoms with van der Waals surface area (Å²) in [5, 5.41) is 6.02. The summed E-state index contributed by atoms with van der Waals surface area (Å²) in [5.74, 6) is 0.237. The second-order valence-electron chi connectivity index (χ2n) is 10.9. The van der Waals surface area contributed by atoms with Gasteiger partial charge in [-0.05, 0) is 55.0 Å². The third kappa shape index (κ3) is 25.3. The normalized spacial score (nSPS) is 11.0. The van der Waals surface area contributed by atoms with Gasteiger partial charge in [0.05, 0.1) is 111 Å². The highest BCUT2D eigenvalue weighted by Crippen LogP contribution is 2.15. The average Bonchev–Trinajstić information content (AvgIpc) is 3.13. The van der Waals surface area contributed by atoms with Gasteiger partial charge >= 0.3 is 5.97 Å². The summed E-state index contributed by atoms with van der Waals surface area (Å²) in [6.07, 6.45) is 2.24. The van der Waals surface area contributed by atoms with Crippen LogP contribution in [0, 0.1) is 0 Å². The number of amides is 1. The van der Waals surface area contributed by atoms with E-state index in [2.05, 4.69) is 17.6 Å². The van der Waals surface area contributed by atoms with Crippen LogP contribution >= 0.6 is 0 Å². The van der Waals surface area contributed by atoms with Crippen molar-refractivity contribution in [1.29, 1.82) is 0 Å². The molecule has 0 unspecified atom stereocenters. The van der Waals surface area contributed by atoms with Gasteiger partial charge in [0.2, 0.25) is 5.91 Å². The molecule has 0 aliphatic heterocycles. The Balaban J connectivity index is 1.21. The fraction of sp³-hybridized carbons (Fsp3) is 0.622. The SMILES string of the molecule is CCCCNc1ccc(C(=O)OCCOCCOCCOCCOCCOCCOCCOCCOCCOc2ccc(NC(C)=O)cc2)cc1. The van der Waals surface area contributed by atoms with Crippen LogP contribution in [0.15, 0.2) is 48.5 Å². The Morgan fingerprint density at radius 3 is 1.31 bits per heavy atom. The van der Waals surface area contributed by atoms with E-state index in [1.807, 2.05) is 12.1 Å². The molecule has 0 aliphatic carbocycles. The Labute approximate surface area is 302 Å². The van der Waals surface area contributed by atoms with E-state index >= 15 is 0 Å². The Kier molecular flexibility index (Phi) is 27.0. The zero-order chi connectivity index (χ0) is 36.5. The summed E-state index contributed by atoms with van der Waals surface area (Å²) in [6, 6.07) is 14.4. The molecule has 2 N–H and O–H groups in total. The van der Waals surface area contributed by atoms with Crippen LogP contribution in [-0.4, -0.2) is 137 Å². The van der Waals surface area contributed by atoms with Crippen molar-refractivity contribution >= 4 is 23.3 Å². The lowest BCUT2D eigenvalue weighted by atomic mass is 10.2. The molecule has 2 aromatic carbocycles. The highest BCUT2D eigenvalue weighted by molar-refractivity contribution is 5.90. The molecule has 2 rings (SSSR count). The van der Waals surface area contributed by atoms with Crippen LogP contribution < -0.4 is 15.4 Å². The predicted molar refractivity (Wildman–Crippen MR) is 193 cm³/mol. The summed E-state index contributed by atoms with van der Waals surface area (Å²) in [4.78, 5) is 23.2. The number of benzene rings is 2. The number of ether oxygens (including phenoxy) is 10. The summed E-state index contributed by atoms with van der Waals surface area (Å²) >= 11 is 0. The number of nitrogens with one attached hydrogen (secondary N) is 2. The van der Waals surface area contributed by atoms with Crippen molar-refractivity contribution in [1.82, 2.24) is 0 Å². The van der Waals surface area contributed by atoms with Crippen LogP contribution in [0.1, 0.15) is 37.0 Å². The van der Waals surface area contributed by atoms with Gasteiger partial charge in [-0.15, -0.1) is 0 Å². The molecule has 0 aromatic heterocycles. The number of anilines is 2. The number of hydrogen-bond donors (Lipinski definition) is 2. The number of esters is 1. The van der Waals surface area contributed by atoms with Crippen LogP contribution in [-0.2, 0) is 47.4 Å². The third-order valence-electron chi connectivity index (χ3n) is 6.72. The standard InChI is InChI=1S/C37H58N2O12/c1-3-4-13-38-34-7-5-33(6-8-34)37(41)51-31-29-49-27-25-47-23-21-45-19-17-43-15-14-42-16-18-44-20-22-46-24-26-48-28-30-50-36-11-9-35(10-12-36)39-32(2)40/h5-12,38H,3-4,13-31H2,1-2H3,(H,39,40). The Bertz CT molecular complexity index is 1120. The van der Waals surface area contributed by atoms with Gasteiger partial charge in [0.15, 0.2) is 0 Å². The number of carbonyl (C=O) groups is 2. The van der Waals surface area contributed by atoms with Crippen LogP contribution in [0.25, 0.3) is 0 Å². The molecule has 0 bridgehead atoms. The molecule has 51 heavy (non-hydrogen) atoms. The summed E-state index contributed by atoms with van der Waals surface area (Å²) in [7, 11) is 0. The zero-order valence-electron chi connectivity index (χ0n) is 30.4. The van der Waals surface area contributed by atoms with Gasteiger partial charge in [-0.1, -0.05) is 13.3 Å². The molecule has 288 valence electrons. The number of hydrogen-bond acceptors (Lipinski definition) is 13. The largest absolute Gasteiger partial charge is 0.491 e. The van der Waals surface area contributed by atoms with E-state index in [1.54, 1.807) is 36.4 Å². The molecule has 14 nitrogen and oxygen atoms in total. The molecule has 0 spiro atoms. The first-order valence-corrected chi connectivity index (χ1v) is 17.7. The van der Waals surface area contributed by atoms with Crippen LogP contribution in [0.3, 0.4) is 0 Å². The first-order valence-electron chi connectivity index (χ1n) is 17.7. The molecule has 14 heteroatoms. The quantitative estimate of drug-likeness (QED) is 0.0785. The first kappa shape index (κ1) is 43.8. The predicted octanol–water partition coefficient (Wildman–Crippen LogP) is 4.23. The van der Waals surface area contributed by atoms with E-state index in [-0.39, 0.29) is 18.5 Å². The van der Waals surface area contributed by atoms with E-state index in [4.69, 9.17) is 47.4 Å². The lowest BCUT2D eigenvalue weighted by molar-refractivity contribution is -0.114. The van der Waals surface area contributed by atoms with Gasteiger partial charge in [-0.25, -0.2) is 4.79 Å². The van der Waals surface area contributed by atoms with Crippen LogP contribution in [0.4, 0.5) is 11.4 Å². The molecule has 0 fully saturated rings. The maximum atomic E-state index is 12.1. The maximum absolute atomic E-state index is 12.1. The lowest BCUT2D eigenvalue weighted by Crippen LogP contribution is -2.15. The second-order valence-corrected chi connectivity index (χ2v) is 10.9. The minimum Gasteiger partial charge on any atom is -0.491 e. The van der Waals surface area contributed by atoms with Crippen molar-refractivity contribution < 1.29 is 57.0 Å². The fourth-order valence-corrected chi connectivity index (χ4v) is 4.11. The molecule has 0 radical (unpaired) electrons. The van der Waals surface area contributed by atoms with Crippen molar-refractivity contribution in [2.75, 3.05) is 136 Å². The van der Waals surface area contributed by atoms with Crippen molar-refractivity contribution in [3.8, 4) is 5.75 Å². The van der Waals surface area contributed by atoms with E-state index in [9.17, 15) is 9.59 Å². The second kappa shape index (κ2) is 31.4. The fourth-order valence-electron chi connectivity index (χ4n) is 4.11. The Morgan fingerprint density at radius 1 is 0.510 bits per heavy atom. The van der Waals surface area contributed by atoms with Gasteiger partial charge in [0.1, 0.15) is 19.0 Å². The highest BCUT2D eigenvalue weighted by atomic mass is 16.6. The van der Waals surface area contributed by atoms with Crippen LogP contribution in [0.5, 0.6) is 5.75 Å². The molecule has 2 aromatic rings. The minimum absolute atomic E-state index is 0.111. The van der Waals surface area contributed by atoms with Crippen molar-refractivity contribution in [3.63, 3.8) is 0 Å². The monoisotopic (exact) mass is 722 g/mol. The van der Waals surface area contributed by atoms with Gasteiger partial charge in [-0.3, -0.25) is 4.79 Å². The van der Waals surface area contributed by atoms with E-state index in [1.165, 1.54) is 6.92 Å². The summed E-state index contributed by atoms with van der Waals surface area (Å²) < 4.78 is 54.7. The lowest BCUT2D eigenvalue weighted by Gasteiger charge is -2.09. The minimum atomic E-state index is -0.364. The number of unbranched alkanes of at least 4 members (excludes halogenated alkanes) is 1. The Morgan fingerprint density at radius 2 is 0.902 bits per heavy atom. The van der Waals surface area contributed by atoms with Gasteiger partial charge in [-0.2, -0.15) is 0 Å². The summed E-state index contributed by atoms with van der Waals surface area (Å²) in [6.45, 7) is 12.5. The first-order chi connectivity index (χ1) is 25.1. The molecule has 0 heterocycles. The van der Waals surface area contributed by atoms with E-state index < -0.39 is 0 Å². The van der Waals surface area contributed by atoms with E-state index in [0.717, 1.165) is 30.8 Å². The summed E-state index contributed by atoms with van der Waals surface area (Å²) in [5.41, 5.74) is 2.24. The van der Waals surface area contributed by atoms with Crippen molar-refractivity contribution in [3.05, 3.63) is 54.1 Å². The number of carbonyl (C=O) groups excluding carboxylic acids is 2. The van der Waals surface area contributed by atoms with Crippen molar-refractivity contribution in [2.24, 2.45) is 0 Å². The molecule has 0 saturated carbocycles. The topological polar surface area (TPSA) is 151 Å². The zero-order valence-corrected chi connectivity index (χ0v) is 30.4. The van der Waals surface area contributed by atoms with Crippen LogP contribution in [0.2, 0.25) is 0 Å².